The van der Waals surface area contributed by atoms with Crippen molar-refractivity contribution in [3.8, 4) is 5.88 Å². The van der Waals surface area contributed by atoms with Crippen LogP contribution in [0.3, 0.4) is 0 Å². The van der Waals surface area contributed by atoms with Crippen molar-refractivity contribution in [2.75, 3.05) is 6.54 Å². The second kappa shape index (κ2) is 7.34. The van der Waals surface area contributed by atoms with Gasteiger partial charge in [0.25, 0.3) is 5.88 Å². The highest BCUT2D eigenvalue weighted by Gasteiger charge is 2.59. The summed E-state index contributed by atoms with van der Waals surface area (Å²) in [6.07, 6.45) is 5.39. The van der Waals surface area contributed by atoms with Crippen molar-refractivity contribution in [2.45, 2.75) is 32.9 Å². The fourth-order valence-corrected chi connectivity index (χ4v) is 6.72. The first-order valence-electron chi connectivity index (χ1n) is 11.7. The number of aliphatic hydroxyl groups is 1. The monoisotopic (exact) mass is 432 g/mol. The number of fused-ring (bicyclic) bond motifs is 7. The van der Waals surface area contributed by atoms with E-state index in [1.807, 2.05) is 37.3 Å². The summed E-state index contributed by atoms with van der Waals surface area (Å²) in [5.41, 5.74) is 1.95. The fraction of sp³-hybridized carbons (Fsp3) is 0.462. The molecular weight excluding hydrogens is 404 g/mol. The predicted octanol–water partition coefficient (Wildman–Crippen LogP) is 4.46. The quantitative estimate of drug-likeness (QED) is 0.679. The molecule has 4 aliphatic carbocycles. The average molecular weight is 433 g/mol. The summed E-state index contributed by atoms with van der Waals surface area (Å²) >= 11 is 0. The Balaban J connectivity index is 1.40. The van der Waals surface area contributed by atoms with Gasteiger partial charge in [0.2, 0.25) is 0 Å². The van der Waals surface area contributed by atoms with Crippen LogP contribution in [0.5, 0.6) is 5.88 Å². The van der Waals surface area contributed by atoms with E-state index >= 15 is 0 Å². The Labute approximate surface area is 187 Å². The number of carbonyl (C=O) groups is 1. The SMILES string of the molecule is CCN[C@H]1c2onc(OCc3ccccc3)c2C(O)=C2C(=O)[C@H]3[C@@H](C[C@H]21)[C@H]1C=C[C@@H]3C1C. The van der Waals surface area contributed by atoms with Gasteiger partial charge in [0.05, 0.1) is 6.04 Å². The molecule has 2 bridgehead atoms. The first-order valence-corrected chi connectivity index (χ1v) is 11.7. The molecule has 0 aliphatic heterocycles. The Kier molecular flexibility index (Phi) is 4.54. The summed E-state index contributed by atoms with van der Waals surface area (Å²) in [5, 5.41) is 19.0. The molecule has 6 nitrogen and oxygen atoms in total. The highest BCUT2D eigenvalue weighted by atomic mass is 16.5. The third kappa shape index (κ3) is 2.68. The Hall–Kier alpha value is -2.86. The molecule has 0 amide bonds. The number of nitrogens with zero attached hydrogens (tertiary/aromatic N) is 1. The normalized spacial score (nSPS) is 34.4. The molecule has 1 heterocycles. The lowest BCUT2D eigenvalue weighted by atomic mass is 9.62. The largest absolute Gasteiger partial charge is 0.507 e. The second-order valence-corrected chi connectivity index (χ2v) is 9.59. The molecular formula is C26H28N2O4. The molecule has 1 aromatic heterocycles. The van der Waals surface area contributed by atoms with Crippen molar-refractivity contribution in [3.05, 3.63) is 64.9 Å². The standard InChI is InChI=1S/C26H28N2O4/c1-3-27-22-18-11-17-15-9-10-16(13(15)2)19(17)23(29)20(18)24(30)21-25(22)32-28-26(21)31-12-14-7-5-4-6-8-14/h4-10,13,15-19,22,27,30H,3,11-12H2,1-2H3/t13?,15-,16+,17-,18+,19+,22+/m0/s1. The van der Waals surface area contributed by atoms with Gasteiger partial charge in [-0.05, 0) is 47.4 Å². The zero-order chi connectivity index (χ0) is 22.0. The average Bonchev–Trinajstić information content (AvgIpc) is 3.47. The maximum absolute atomic E-state index is 13.8. The molecule has 4 aliphatic rings. The fourth-order valence-electron chi connectivity index (χ4n) is 6.72. The van der Waals surface area contributed by atoms with Crippen LogP contribution in [-0.4, -0.2) is 22.6 Å². The first-order chi connectivity index (χ1) is 15.6. The van der Waals surface area contributed by atoms with Crippen molar-refractivity contribution in [3.63, 3.8) is 0 Å². The highest BCUT2D eigenvalue weighted by molar-refractivity contribution is 6.06. The van der Waals surface area contributed by atoms with Crippen molar-refractivity contribution < 1.29 is 19.2 Å². The number of nitrogens with one attached hydrogen (secondary N) is 1. The van der Waals surface area contributed by atoms with Gasteiger partial charge < -0.3 is 19.7 Å². The van der Waals surface area contributed by atoms with Gasteiger partial charge in [0.1, 0.15) is 17.9 Å². The van der Waals surface area contributed by atoms with Gasteiger partial charge in [-0.15, -0.1) is 0 Å². The van der Waals surface area contributed by atoms with Crippen LogP contribution in [0.15, 0.2) is 52.6 Å². The number of ketones is 1. The minimum Gasteiger partial charge on any atom is -0.507 e. The number of benzene rings is 1. The van der Waals surface area contributed by atoms with Crippen molar-refractivity contribution in [1.82, 2.24) is 10.5 Å². The smallest absolute Gasteiger partial charge is 0.265 e. The topological polar surface area (TPSA) is 84.6 Å². The second-order valence-electron chi connectivity index (χ2n) is 9.59. The summed E-state index contributed by atoms with van der Waals surface area (Å²) in [4.78, 5) is 13.8. The number of allylic oxidation sites excluding steroid dienone is 2. The van der Waals surface area contributed by atoms with Gasteiger partial charge in [-0.2, -0.15) is 0 Å². The lowest BCUT2D eigenvalue weighted by Crippen LogP contribution is -2.44. The number of aromatic nitrogens is 1. The minimum absolute atomic E-state index is 0.00804. The summed E-state index contributed by atoms with van der Waals surface area (Å²) in [7, 11) is 0. The number of ether oxygens (including phenoxy) is 1. The van der Waals surface area contributed by atoms with Crippen LogP contribution >= 0.6 is 0 Å². The van der Waals surface area contributed by atoms with Crippen LogP contribution in [0.25, 0.3) is 5.76 Å². The Morgan fingerprint density at radius 3 is 2.78 bits per heavy atom. The first kappa shape index (κ1) is 19.8. The lowest BCUT2D eigenvalue weighted by Gasteiger charge is -2.42. The van der Waals surface area contributed by atoms with Crippen molar-refractivity contribution >= 4 is 11.5 Å². The molecule has 2 fully saturated rings. The van der Waals surface area contributed by atoms with Crippen LogP contribution in [-0.2, 0) is 11.4 Å². The summed E-state index contributed by atoms with van der Waals surface area (Å²) < 4.78 is 11.7. The van der Waals surface area contributed by atoms with E-state index in [0.717, 1.165) is 18.5 Å². The summed E-state index contributed by atoms with van der Waals surface area (Å²) in [6, 6.07) is 9.58. The Morgan fingerprint density at radius 2 is 2.00 bits per heavy atom. The zero-order valence-electron chi connectivity index (χ0n) is 18.3. The van der Waals surface area contributed by atoms with Gasteiger partial charge in [0, 0.05) is 17.4 Å². The molecule has 2 saturated carbocycles. The van der Waals surface area contributed by atoms with E-state index in [2.05, 4.69) is 29.5 Å². The number of rotatable bonds is 5. The molecule has 6 heteroatoms. The number of aliphatic hydroxyl groups excluding tert-OH is 1. The maximum atomic E-state index is 13.8. The van der Waals surface area contributed by atoms with Gasteiger partial charge in [0.15, 0.2) is 11.5 Å². The van der Waals surface area contributed by atoms with E-state index in [9.17, 15) is 9.90 Å². The summed E-state index contributed by atoms with van der Waals surface area (Å²) in [5.74, 6) is 2.27. The van der Waals surface area contributed by atoms with E-state index in [1.165, 1.54) is 0 Å². The number of Topliss-reactive ketones (excluding diaryl/α,β-unsaturated/α-hetero) is 1. The molecule has 1 aromatic carbocycles. The van der Waals surface area contributed by atoms with E-state index in [-0.39, 0.29) is 41.2 Å². The zero-order valence-corrected chi connectivity index (χ0v) is 18.3. The third-order valence-electron chi connectivity index (χ3n) is 8.11. The van der Waals surface area contributed by atoms with Crippen LogP contribution in [0.4, 0.5) is 0 Å². The molecule has 32 heavy (non-hydrogen) atoms. The molecule has 7 atom stereocenters. The highest BCUT2D eigenvalue weighted by Crippen LogP contribution is 2.61. The molecule has 1 unspecified atom stereocenters. The predicted molar refractivity (Wildman–Crippen MR) is 119 cm³/mol. The molecule has 6 rings (SSSR count). The van der Waals surface area contributed by atoms with Gasteiger partial charge in [-0.25, -0.2) is 0 Å². The molecule has 0 spiro atoms. The van der Waals surface area contributed by atoms with Crippen LogP contribution < -0.4 is 10.1 Å². The Bertz CT molecular complexity index is 1120. The van der Waals surface area contributed by atoms with Gasteiger partial charge >= 0.3 is 0 Å². The molecule has 0 saturated heterocycles. The molecule has 166 valence electrons. The van der Waals surface area contributed by atoms with Crippen LogP contribution in [0.1, 0.15) is 43.2 Å². The van der Waals surface area contributed by atoms with E-state index < -0.39 is 0 Å². The van der Waals surface area contributed by atoms with Crippen LogP contribution in [0, 0.1) is 35.5 Å². The minimum atomic E-state index is -0.203. The van der Waals surface area contributed by atoms with Crippen LogP contribution in [0.2, 0.25) is 0 Å². The maximum Gasteiger partial charge on any atom is 0.265 e. The third-order valence-corrected chi connectivity index (χ3v) is 8.11. The molecule has 2 aromatic rings. The van der Waals surface area contributed by atoms with E-state index in [4.69, 9.17) is 9.26 Å². The molecule has 0 radical (unpaired) electrons. The Morgan fingerprint density at radius 1 is 1.22 bits per heavy atom. The number of carbonyl (C=O) groups excluding carboxylic acids is 1. The van der Waals surface area contributed by atoms with Crippen molar-refractivity contribution in [2.24, 2.45) is 35.5 Å². The molecule has 2 N–H and O–H groups in total. The van der Waals surface area contributed by atoms with E-state index in [1.54, 1.807) is 0 Å². The number of hydrogen-bond acceptors (Lipinski definition) is 6. The van der Waals surface area contributed by atoms with Crippen molar-refractivity contribution in [1.29, 1.82) is 0 Å². The van der Waals surface area contributed by atoms with E-state index in [0.29, 0.717) is 41.3 Å². The summed E-state index contributed by atoms with van der Waals surface area (Å²) in [6.45, 7) is 5.32. The number of hydrogen-bond donors (Lipinski definition) is 2. The van der Waals surface area contributed by atoms with Gasteiger partial charge in [-0.3, -0.25) is 4.79 Å². The lowest BCUT2D eigenvalue weighted by molar-refractivity contribution is -0.124. The van der Waals surface area contributed by atoms with Gasteiger partial charge in [-0.1, -0.05) is 56.3 Å².